The summed E-state index contributed by atoms with van der Waals surface area (Å²) >= 11 is 3.37. The number of aryl methyl sites for hydroxylation is 1. The molecule has 0 amide bonds. The molecule has 1 fully saturated rings. The van der Waals surface area contributed by atoms with Gasteiger partial charge in [-0.15, -0.1) is 0 Å². The number of nitrogens with two attached hydrogens (primary N) is 1. The molecule has 0 bridgehead atoms. The Labute approximate surface area is 132 Å². The minimum atomic E-state index is 0.494. The molecule has 2 heterocycles. The van der Waals surface area contributed by atoms with E-state index in [2.05, 4.69) is 66.9 Å². The molecule has 0 aliphatic carbocycles. The minimum Gasteiger partial charge on any atom is -0.383 e. The van der Waals surface area contributed by atoms with E-state index >= 15 is 0 Å². The van der Waals surface area contributed by atoms with E-state index in [4.69, 9.17) is 5.73 Å². The van der Waals surface area contributed by atoms with Gasteiger partial charge < -0.3 is 15.5 Å². The highest BCUT2D eigenvalue weighted by atomic mass is 79.9. The Morgan fingerprint density at radius 2 is 1.76 bits per heavy atom. The molecule has 2 N–H and O–H groups in total. The van der Waals surface area contributed by atoms with Crippen LogP contribution in [-0.2, 0) is 0 Å². The van der Waals surface area contributed by atoms with Crippen molar-refractivity contribution in [3.63, 3.8) is 0 Å². The van der Waals surface area contributed by atoms with Crippen molar-refractivity contribution in [2.75, 3.05) is 41.7 Å². The Morgan fingerprint density at radius 1 is 1.05 bits per heavy atom. The summed E-state index contributed by atoms with van der Waals surface area (Å²) in [7, 11) is 0. The van der Waals surface area contributed by atoms with Crippen LogP contribution < -0.4 is 15.5 Å². The molecule has 0 unspecified atom stereocenters. The Kier molecular flexibility index (Phi) is 3.96. The zero-order chi connectivity index (χ0) is 14.8. The molecule has 0 saturated carbocycles. The number of nitrogens with zero attached hydrogens (tertiary/aromatic N) is 4. The zero-order valence-corrected chi connectivity index (χ0v) is 13.5. The monoisotopic (exact) mass is 347 g/mol. The van der Waals surface area contributed by atoms with E-state index in [1.807, 2.05) is 0 Å². The average Bonchev–Trinajstić information content (AvgIpc) is 2.46. The van der Waals surface area contributed by atoms with Crippen molar-refractivity contribution in [2.24, 2.45) is 0 Å². The van der Waals surface area contributed by atoms with E-state index in [9.17, 15) is 0 Å². The normalized spacial score (nSPS) is 15.3. The number of halogens is 1. The molecule has 1 aromatic carbocycles. The van der Waals surface area contributed by atoms with Crippen molar-refractivity contribution in [3.05, 3.63) is 40.5 Å². The molecule has 1 aliphatic rings. The number of aromatic nitrogens is 2. The predicted octanol–water partition coefficient (Wildman–Crippen LogP) is 2.46. The van der Waals surface area contributed by atoms with Gasteiger partial charge in [0.1, 0.15) is 10.4 Å². The lowest BCUT2D eigenvalue weighted by atomic mass is 10.2. The Hall–Kier alpha value is -1.82. The number of rotatable bonds is 2. The smallest absolute Gasteiger partial charge is 0.228 e. The van der Waals surface area contributed by atoms with Gasteiger partial charge in [-0.05, 0) is 40.5 Å². The minimum absolute atomic E-state index is 0.494. The fourth-order valence-electron chi connectivity index (χ4n) is 2.55. The summed E-state index contributed by atoms with van der Waals surface area (Å²) in [5.74, 6) is 1.19. The Bertz CT molecular complexity index is 617. The highest BCUT2D eigenvalue weighted by Crippen LogP contribution is 2.21. The van der Waals surface area contributed by atoms with Gasteiger partial charge in [0.05, 0.1) is 0 Å². The van der Waals surface area contributed by atoms with Gasteiger partial charge in [-0.2, -0.15) is 4.98 Å². The van der Waals surface area contributed by atoms with Gasteiger partial charge in [0.15, 0.2) is 0 Å². The van der Waals surface area contributed by atoms with Crippen LogP contribution in [0.5, 0.6) is 0 Å². The number of anilines is 3. The van der Waals surface area contributed by atoms with Crippen LogP contribution in [0.15, 0.2) is 34.9 Å². The molecule has 1 aromatic heterocycles. The van der Waals surface area contributed by atoms with E-state index in [1.165, 1.54) is 11.3 Å². The third kappa shape index (κ3) is 3.26. The molecule has 0 radical (unpaired) electrons. The van der Waals surface area contributed by atoms with Crippen molar-refractivity contribution in [1.29, 1.82) is 0 Å². The first-order chi connectivity index (χ1) is 10.1. The van der Waals surface area contributed by atoms with Crippen LogP contribution in [0.25, 0.3) is 0 Å². The van der Waals surface area contributed by atoms with Crippen molar-refractivity contribution in [2.45, 2.75) is 6.92 Å². The molecule has 0 atom stereocenters. The third-order valence-corrected chi connectivity index (χ3v) is 4.04. The van der Waals surface area contributed by atoms with Gasteiger partial charge in [-0.3, -0.25) is 0 Å². The first-order valence-electron chi connectivity index (χ1n) is 6.98. The molecule has 3 rings (SSSR count). The number of hydrogen-bond donors (Lipinski definition) is 1. The fourth-order valence-corrected chi connectivity index (χ4v) is 2.95. The van der Waals surface area contributed by atoms with Crippen LogP contribution >= 0.6 is 15.9 Å². The summed E-state index contributed by atoms with van der Waals surface area (Å²) in [5, 5.41) is 0. The lowest BCUT2D eigenvalue weighted by molar-refractivity contribution is 0.639. The maximum Gasteiger partial charge on any atom is 0.228 e. The fraction of sp³-hybridized carbons (Fsp3) is 0.333. The largest absolute Gasteiger partial charge is 0.383 e. The molecular weight excluding hydrogens is 330 g/mol. The molecule has 1 saturated heterocycles. The van der Waals surface area contributed by atoms with Crippen LogP contribution in [0.2, 0.25) is 0 Å². The SMILES string of the molecule is Cc1cccc(N2CCN(c3nc(N)cc(Br)n3)CC2)c1. The van der Waals surface area contributed by atoms with Crippen molar-refractivity contribution in [1.82, 2.24) is 9.97 Å². The lowest BCUT2D eigenvalue weighted by Gasteiger charge is -2.36. The molecule has 0 spiro atoms. The zero-order valence-electron chi connectivity index (χ0n) is 12.0. The molecular formula is C15H18BrN5. The second kappa shape index (κ2) is 5.89. The first-order valence-corrected chi connectivity index (χ1v) is 7.78. The van der Waals surface area contributed by atoms with Crippen LogP contribution in [0.3, 0.4) is 0 Å². The van der Waals surface area contributed by atoms with Crippen molar-refractivity contribution in [3.8, 4) is 0 Å². The van der Waals surface area contributed by atoms with E-state index < -0.39 is 0 Å². The molecule has 6 heteroatoms. The van der Waals surface area contributed by atoms with Gasteiger partial charge in [0, 0.05) is 37.9 Å². The number of benzene rings is 1. The second-order valence-electron chi connectivity index (χ2n) is 5.23. The predicted molar refractivity (Wildman–Crippen MR) is 89.7 cm³/mol. The molecule has 2 aromatic rings. The van der Waals surface area contributed by atoms with E-state index in [0.29, 0.717) is 11.8 Å². The van der Waals surface area contributed by atoms with Crippen LogP contribution in [0.4, 0.5) is 17.5 Å². The average molecular weight is 348 g/mol. The van der Waals surface area contributed by atoms with E-state index in [0.717, 1.165) is 30.8 Å². The number of hydrogen-bond acceptors (Lipinski definition) is 5. The lowest BCUT2D eigenvalue weighted by Crippen LogP contribution is -2.47. The van der Waals surface area contributed by atoms with Gasteiger partial charge >= 0.3 is 0 Å². The van der Waals surface area contributed by atoms with Crippen LogP contribution in [-0.4, -0.2) is 36.1 Å². The standard InChI is InChI=1S/C15H18BrN5/c1-11-3-2-4-12(9-11)20-5-7-21(8-6-20)15-18-13(16)10-14(17)19-15/h2-4,9-10H,5-8H2,1H3,(H2,17,18,19). The van der Waals surface area contributed by atoms with Crippen molar-refractivity contribution >= 4 is 33.4 Å². The molecule has 21 heavy (non-hydrogen) atoms. The van der Waals surface area contributed by atoms with E-state index in [-0.39, 0.29) is 0 Å². The van der Waals surface area contributed by atoms with Crippen LogP contribution in [0, 0.1) is 6.92 Å². The third-order valence-electron chi connectivity index (χ3n) is 3.63. The first kappa shape index (κ1) is 14.1. The summed E-state index contributed by atoms with van der Waals surface area (Å²) in [6.45, 7) is 5.82. The Morgan fingerprint density at radius 3 is 2.43 bits per heavy atom. The summed E-state index contributed by atoms with van der Waals surface area (Å²) in [5.41, 5.74) is 8.35. The van der Waals surface area contributed by atoms with Gasteiger partial charge in [-0.25, -0.2) is 4.98 Å². The maximum atomic E-state index is 5.78. The topological polar surface area (TPSA) is 58.3 Å². The second-order valence-corrected chi connectivity index (χ2v) is 6.04. The summed E-state index contributed by atoms with van der Waals surface area (Å²) in [6, 6.07) is 10.3. The quantitative estimate of drug-likeness (QED) is 0.845. The summed E-state index contributed by atoms with van der Waals surface area (Å²) in [4.78, 5) is 13.3. The summed E-state index contributed by atoms with van der Waals surface area (Å²) < 4.78 is 0.728. The highest BCUT2D eigenvalue weighted by molar-refractivity contribution is 9.10. The van der Waals surface area contributed by atoms with Crippen LogP contribution in [0.1, 0.15) is 5.56 Å². The van der Waals surface area contributed by atoms with E-state index in [1.54, 1.807) is 6.07 Å². The van der Waals surface area contributed by atoms with Gasteiger partial charge in [-0.1, -0.05) is 12.1 Å². The number of piperazine rings is 1. The maximum absolute atomic E-state index is 5.78. The number of nitrogen functional groups attached to an aromatic ring is 1. The molecule has 110 valence electrons. The van der Waals surface area contributed by atoms with Gasteiger partial charge in [0.25, 0.3) is 0 Å². The molecule has 1 aliphatic heterocycles. The Balaban J connectivity index is 1.70. The van der Waals surface area contributed by atoms with Crippen molar-refractivity contribution < 1.29 is 0 Å². The summed E-state index contributed by atoms with van der Waals surface area (Å²) in [6.07, 6.45) is 0. The van der Waals surface area contributed by atoms with Gasteiger partial charge in [0.2, 0.25) is 5.95 Å². The highest BCUT2D eigenvalue weighted by Gasteiger charge is 2.19. The molecule has 5 nitrogen and oxygen atoms in total.